The number of ether oxygens (including phenoxy) is 2. The summed E-state index contributed by atoms with van der Waals surface area (Å²) in [6.45, 7) is 3.89. The molecule has 1 aromatic heterocycles. The minimum Gasteiger partial charge on any atom is -0.464 e. The van der Waals surface area contributed by atoms with E-state index in [9.17, 15) is 18.8 Å². The number of nitrogens with one attached hydrogen (secondary N) is 4. The van der Waals surface area contributed by atoms with Gasteiger partial charge in [0.15, 0.2) is 0 Å². The van der Waals surface area contributed by atoms with Crippen LogP contribution in [0.15, 0.2) is 48.7 Å². The van der Waals surface area contributed by atoms with Crippen molar-refractivity contribution in [2.24, 2.45) is 0 Å². The van der Waals surface area contributed by atoms with Crippen LogP contribution in [-0.2, 0) is 19.1 Å². The summed E-state index contributed by atoms with van der Waals surface area (Å²) >= 11 is 5.77. The summed E-state index contributed by atoms with van der Waals surface area (Å²) in [6.07, 6.45) is 5.77. The van der Waals surface area contributed by atoms with Gasteiger partial charge in [-0.2, -0.15) is 0 Å². The number of rotatable bonds is 9. The Morgan fingerprint density at radius 1 is 1.16 bits per heavy atom. The van der Waals surface area contributed by atoms with Crippen LogP contribution in [0.2, 0.25) is 5.02 Å². The monoisotopic (exact) mass is 640 g/mol. The molecule has 45 heavy (non-hydrogen) atoms. The van der Waals surface area contributed by atoms with Gasteiger partial charge in [0.1, 0.15) is 17.7 Å². The third-order valence-corrected chi connectivity index (χ3v) is 7.75. The molecule has 0 aliphatic carbocycles. The predicted octanol–water partition coefficient (Wildman–Crippen LogP) is 6.09. The van der Waals surface area contributed by atoms with Crippen LogP contribution in [0.5, 0.6) is 0 Å². The number of likely N-dealkylation sites (N-methyl/N-ethyl adjacent to an activating group) is 1. The number of aromatic nitrogens is 2. The Kier molecular flexibility index (Phi) is 11.4. The topological polar surface area (TPSA) is 138 Å². The number of esters is 1. The van der Waals surface area contributed by atoms with Crippen LogP contribution in [0.1, 0.15) is 43.5 Å². The maximum Gasteiger partial charge on any atom is 0.411 e. The average Bonchev–Trinajstić information content (AvgIpc) is 3.51. The molecule has 2 bridgehead atoms. The van der Waals surface area contributed by atoms with E-state index < -0.39 is 23.9 Å². The second-order valence-corrected chi connectivity index (χ2v) is 11.0. The van der Waals surface area contributed by atoms with Crippen LogP contribution in [0.3, 0.4) is 0 Å². The molecule has 0 saturated carbocycles. The number of allylic oxidation sites excluding steroid dienone is 1. The molecule has 1 aliphatic heterocycles. The van der Waals surface area contributed by atoms with Crippen LogP contribution in [0.25, 0.3) is 11.3 Å². The minimum absolute atomic E-state index is 0.0345. The summed E-state index contributed by atoms with van der Waals surface area (Å²) in [4.78, 5) is 48.1. The third kappa shape index (κ3) is 8.33. The molecule has 0 saturated heterocycles. The number of aromatic amines is 1. The molecule has 0 radical (unpaired) electrons. The summed E-state index contributed by atoms with van der Waals surface area (Å²) < 4.78 is 24.6. The molecule has 240 valence electrons. The van der Waals surface area contributed by atoms with Crippen LogP contribution in [-0.4, -0.2) is 72.7 Å². The highest BCUT2D eigenvalue weighted by atomic mass is 35.5. The number of halogens is 2. The number of amides is 2. The fourth-order valence-corrected chi connectivity index (χ4v) is 5.12. The number of carbonyl (C=O) groups is 3. The highest BCUT2D eigenvalue weighted by molar-refractivity contribution is 6.30. The summed E-state index contributed by atoms with van der Waals surface area (Å²) in [5.74, 6) is -1.24. The SMILES string of the molecule is CCOC(=O)C1C/C=C/CC(C(=O)N(C)CCCOC(=O)Nc2ccc(Cl)c(F)c2C)c2ncc([nH]2)-c2ccc(NC)cc2N1. The average molecular weight is 641 g/mol. The van der Waals surface area contributed by atoms with Crippen LogP contribution in [0.4, 0.5) is 26.2 Å². The molecule has 2 aromatic carbocycles. The molecular formula is C32H38ClFN6O5. The lowest BCUT2D eigenvalue weighted by molar-refractivity contribution is -0.144. The van der Waals surface area contributed by atoms with Gasteiger partial charge in [0.2, 0.25) is 5.91 Å². The van der Waals surface area contributed by atoms with E-state index in [1.807, 2.05) is 37.4 Å². The van der Waals surface area contributed by atoms with Crippen molar-refractivity contribution in [1.29, 1.82) is 0 Å². The summed E-state index contributed by atoms with van der Waals surface area (Å²) in [7, 11) is 3.50. The van der Waals surface area contributed by atoms with Crippen molar-refractivity contribution in [1.82, 2.24) is 14.9 Å². The lowest BCUT2D eigenvalue weighted by Gasteiger charge is -2.23. The minimum atomic E-state index is -0.737. The van der Waals surface area contributed by atoms with Gasteiger partial charge in [-0.15, -0.1) is 0 Å². The first-order valence-corrected chi connectivity index (χ1v) is 15.1. The van der Waals surface area contributed by atoms with Gasteiger partial charge < -0.3 is 30.0 Å². The lowest BCUT2D eigenvalue weighted by Crippen LogP contribution is -2.33. The fraction of sp³-hybridized carbons (Fsp3) is 0.375. The Balaban J connectivity index is 1.44. The number of benzene rings is 2. The number of H-pyrrole nitrogens is 1. The van der Waals surface area contributed by atoms with Crippen molar-refractivity contribution in [3.8, 4) is 11.3 Å². The van der Waals surface area contributed by atoms with Gasteiger partial charge in [-0.1, -0.05) is 23.8 Å². The highest BCUT2D eigenvalue weighted by Crippen LogP contribution is 2.33. The Bertz CT molecular complexity index is 1560. The maximum absolute atomic E-state index is 14.0. The molecule has 2 atom stereocenters. The number of fused-ring (bicyclic) bond motifs is 4. The van der Waals surface area contributed by atoms with Gasteiger partial charge in [-0.3, -0.25) is 10.1 Å². The summed E-state index contributed by atoms with van der Waals surface area (Å²) in [6, 6.07) is 7.96. The van der Waals surface area contributed by atoms with Gasteiger partial charge in [0, 0.05) is 48.8 Å². The Hall–Kier alpha value is -4.58. The zero-order chi connectivity index (χ0) is 32.5. The van der Waals surface area contributed by atoms with Gasteiger partial charge in [-0.25, -0.2) is 19.0 Å². The van der Waals surface area contributed by atoms with E-state index in [2.05, 4.69) is 25.9 Å². The number of hydrogen-bond acceptors (Lipinski definition) is 8. The quantitative estimate of drug-likeness (QED) is 0.125. The second-order valence-electron chi connectivity index (χ2n) is 10.5. The van der Waals surface area contributed by atoms with Crippen molar-refractivity contribution in [3.05, 3.63) is 70.9 Å². The molecule has 2 amide bonds. The molecule has 0 fully saturated rings. The smallest absolute Gasteiger partial charge is 0.411 e. The van der Waals surface area contributed by atoms with Crippen LogP contribution < -0.4 is 16.0 Å². The molecule has 1 aliphatic rings. The number of anilines is 3. The second kappa shape index (κ2) is 15.4. The molecule has 0 spiro atoms. The first-order chi connectivity index (χ1) is 21.6. The molecule has 11 nitrogen and oxygen atoms in total. The van der Waals surface area contributed by atoms with Gasteiger partial charge in [0.25, 0.3) is 0 Å². The van der Waals surface area contributed by atoms with E-state index in [1.54, 1.807) is 25.1 Å². The van der Waals surface area contributed by atoms with E-state index in [-0.39, 0.29) is 41.4 Å². The Morgan fingerprint density at radius 2 is 1.93 bits per heavy atom. The predicted molar refractivity (Wildman–Crippen MR) is 172 cm³/mol. The molecule has 2 heterocycles. The van der Waals surface area contributed by atoms with Gasteiger partial charge in [-0.05, 0) is 63.4 Å². The van der Waals surface area contributed by atoms with E-state index in [0.29, 0.717) is 43.0 Å². The van der Waals surface area contributed by atoms with Crippen molar-refractivity contribution in [3.63, 3.8) is 0 Å². The van der Waals surface area contributed by atoms with Crippen molar-refractivity contribution >= 4 is 46.6 Å². The summed E-state index contributed by atoms with van der Waals surface area (Å²) in [5.41, 5.74) is 3.52. The Labute approximate surface area is 266 Å². The van der Waals surface area contributed by atoms with Gasteiger partial charge >= 0.3 is 12.1 Å². The number of hydrogen-bond donors (Lipinski definition) is 4. The Morgan fingerprint density at radius 3 is 2.69 bits per heavy atom. The highest BCUT2D eigenvalue weighted by Gasteiger charge is 2.28. The molecular weight excluding hydrogens is 603 g/mol. The molecule has 3 aromatic rings. The van der Waals surface area contributed by atoms with E-state index in [1.165, 1.54) is 19.1 Å². The van der Waals surface area contributed by atoms with E-state index in [0.717, 1.165) is 11.3 Å². The maximum atomic E-state index is 14.0. The number of nitrogens with zero attached hydrogens (tertiary/aromatic N) is 2. The molecule has 4 N–H and O–H groups in total. The number of carbonyl (C=O) groups excluding carboxylic acids is 3. The zero-order valence-corrected chi connectivity index (χ0v) is 26.5. The standard InChI is InChI=1S/C32H38ClFN6O5/c1-5-44-31(42)25-10-7-6-9-22(29-36-18-27(38-29)21-12-11-20(35-3)17-26(21)37-25)30(41)40(4)15-8-16-45-32(43)39-24-14-13-23(33)28(34)19(24)2/h6-7,11-14,17-18,22,25,35,37H,5,8-10,15-16H2,1-4H3,(H,36,38)(H,39,43)/b7-6+. The first kappa shape index (κ1) is 33.3. The van der Waals surface area contributed by atoms with Crippen molar-refractivity contribution in [2.75, 3.05) is 49.8 Å². The van der Waals surface area contributed by atoms with Crippen LogP contribution >= 0.6 is 11.6 Å². The molecule has 2 unspecified atom stereocenters. The normalized spacial score (nSPS) is 16.6. The first-order valence-electron chi connectivity index (χ1n) is 14.7. The largest absolute Gasteiger partial charge is 0.464 e. The fourth-order valence-electron chi connectivity index (χ4n) is 4.92. The third-order valence-electron chi connectivity index (χ3n) is 7.46. The van der Waals surface area contributed by atoms with E-state index in [4.69, 9.17) is 21.1 Å². The molecule has 4 rings (SSSR count). The number of imidazole rings is 1. The van der Waals surface area contributed by atoms with Gasteiger partial charge in [0.05, 0.1) is 36.0 Å². The zero-order valence-electron chi connectivity index (χ0n) is 25.7. The van der Waals surface area contributed by atoms with Crippen molar-refractivity contribution < 1.29 is 28.2 Å². The molecule has 13 heteroatoms. The van der Waals surface area contributed by atoms with Crippen molar-refractivity contribution in [2.45, 2.75) is 45.1 Å². The van der Waals surface area contributed by atoms with E-state index >= 15 is 0 Å². The van der Waals surface area contributed by atoms with Crippen LogP contribution in [0, 0.1) is 12.7 Å². The lowest BCUT2D eigenvalue weighted by atomic mass is 10.0. The summed E-state index contributed by atoms with van der Waals surface area (Å²) in [5, 5.41) is 8.92.